The molecule has 1 aliphatic carbocycles. The number of aromatic nitrogens is 1. The van der Waals surface area contributed by atoms with Gasteiger partial charge in [-0.1, -0.05) is 23.2 Å². The van der Waals surface area contributed by atoms with Crippen LogP contribution in [-0.4, -0.2) is 42.0 Å². The summed E-state index contributed by atoms with van der Waals surface area (Å²) in [6.07, 6.45) is 3.41. The number of hydrogen-bond donors (Lipinski definition) is 1. The molecule has 1 heterocycles. The molecule has 0 aliphatic heterocycles. The highest BCUT2D eigenvalue weighted by Gasteiger charge is 2.39. The highest BCUT2D eigenvalue weighted by atomic mass is 35.5. The number of nitrogens with one attached hydrogen (secondary N) is 1. The fourth-order valence-electron chi connectivity index (χ4n) is 2.29. The topological polar surface area (TPSA) is 45.2 Å². The van der Waals surface area contributed by atoms with Crippen molar-refractivity contribution in [2.75, 3.05) is 20.6 Å². The van der Waals surface area contributed by atoms with Crippen molar-refractivity contribution >= 4 is 29.1 Å². The maximum Gasteiger partial charge on any atom is 0.254 e. The molecule has 2 rings (SSSR count). The van der Waals surface area contributed by atoms with Crippen LogP contribution in [0.3, 0.4) is 0 Å². The lowest BCUT2D eigenvalue weighted by Crippen LogP contribution is -2.57. The van der Waals surface area contributed by atoms with E-state index in [1.165, 1.54) is 6.42 Å². The Kier molecular flexibility index (Phi) is 4.33. The van der Waals surface area contributed by atoms with E-state index in [-0.39, 0.29) is 21.8 Å². The van der Waals surface area contributed by atoms with Crippen LogP contribution in [0.2, 0.25) is 10.3 Å². The largest absolute Gasteiger partial charge is 0.350 e. The first-order valence-electron chi connectivity index (χ1n) is 6.22. The molecular weight excluding hydrogens is 285 g/mol. The van der Waals surface area contributed by atoms with E-state index in [2.05, 4.69) is 15.2 Å². The van der Waals surface area contributed by atoms with E-state index in [4.69, 9.17) is 23.2 Å². The van der Waals surface area contributed by atoms with Gasteiger partial charge in [-0.3, -0.25) is 4.79 Å². The summed E-state index contributed by atoms with van der Waals surface area (Å²) >= 11 is 11.6. The number of carbonyl (C=O) groups is 1. The molecule has 1 fully saturated rings. The van der Waals surface area contributed by atoms with Gasteiger partial charge >= 0.3 is 0 Å². The van der Waals surface area contributed by atoms with E-state index < -0.39 is 0 Å². The molecule has 0 radical (unpaired) electrons. The number of nitrogens with zero attached hydrogens (tertiary/aromatic N) is 2. The molecule has 1 aromatic rings. The summed E-state index contributed by atoms with van der Waals surface area (Å²) in [4.78, 5) is 18.1. The summed E-state index contributed by atoms with van der Waals surface area (Å²) in [6.45, 7) is 0.623. The highest BCUT2D eigenvalue weighted by molar-refractivity contribution is 6.34. The van der Waals surface area contributed by atoms with Crippen LogP contribution in [0, 0.1) is 0 Å². The van der Waals surface area contributed by atoms with Gasteiger partial charge in [-0.15, -0.1) is 0 Å². The van der Waals surface area contributed by atoms with Crippen LogP contribution >= 0.6 is 23.2 Å². The molecule has 1 amide bonds. The van der Waals surface area contributed by atoms with Gasteiger partial charge in [0.2, 0.25) is 0 Å². The van der Waals surface area contributed by atoms with Crippen molar-refractivity contribution in [2.45, 2.75) is 24.8 Å². The van der Waals surface area contributed by atoms with Gasteiger partial charge in [0.25, 0.3) is 5.91 Å². The van der Waals surface area contributed by atoms with Gasteiger partial charge in [-0.25, -0.2) is 4.98 Å². The van der Waals surface area contributed by atoms with Gasteiger partial charge in [0, 0.05) is 12.1 Å². The summed E-state index contributed by atoms with van der Waals surface area (Å²) in [5, 5.41) is 3.35. The molecule has 6 heteroatoms. The Labute approximate surface area is 123 Å². The predicted octanol–water partition coefficient (Wildman–Crippen LogP) is 2.60. The molecule has 0 saturated heterocycles. The standard InChI is InChI=1S/C13H17Cl2N3O/c1-18(2)13(6-3-7-13)8-16-12(19)9-4-5-10(14)17-11(9)15/h4-5H,3,6-8H2,1-2H3,(H,16,19). The zero-order chi connectivity index (χ0) is 14.0. The average molecular weight is 302 g/mol. The summed E-state index contributed by atoms with van der Waals surface area (Å²) in [6, 6.07) is 3.16. The molecule has 1 aromatic heterocycles. The van der Waals surface area contributed by atoms with Crippen molar-refractivity contribution in [1.82, 2.24) is 15.2 Å². The smallest absolute Gasteiger partial charge is 0.254 e. The van der Waals surface area contributed by atoms with Crippen LogP contribution < -0.4 is 5.32 Å². The first kappa shape index (κ1) is 14.6. The Hall–Kier alpha value is -0.840. The van der Waals surface area contributed by atoms with Crippen LogP contribution in [0.4, 0.5) is 0 Å². The van der Waals surface area contributed by atoms with Crippen LogP contribution in [0.25, 0.3) is 0 Å². The van der Waals surface area contributed by atoms with Crippen molar-refractivity contribution in [2.24, 2.45) is 0 Å². The van der Waals surface area contributed by atoms with E-state index in [0.717, 1.165) is 12.8 Å². The quantitative estimate of drug-likeness (QED) is 0.870. The zero-order valence-electron chi connectivity index (χ0n) is 11.0. The summed E-state index contributed by atoms with van der Waals surface area (Å²) in [5.41, 5.74) is 0.446. The SMILES string of the molecule is CN(C)C1(CNC(=O)c2ccc(Cl)nc2Cl)CCC1. The van der Waals surface area contributed by atoms with Gasteiger partial charge in [0.15, 0.2) is 0 Å². The summed E-state index contributed by atoms with van der Waals surface area (Å²) in [5.74, 6) is -0.206. The van der Waals surface area contributed by atoms with E-state index in [9.17, 15) is 4.79 Å². The lowest BCUT2D eigenvalue weighted by atomic mass is 9.75. The van der Waals surface area contributed by atoms with Crippen LogP contribution in [0.15, 0.2) is 12.1 Å². The van der Waals surface area contributed by atoms with Crippen molar-refractivity contribution in [1.29, 1.82) is 0 Å². The molecule has 0 spiro atoms. The minimum absolute atomic E-state index is 0.0853. The molecule has 1 aliphatic rings. The highest BCUT2D eigenvalue weighted by Crippen LogP contribution is 2.35. The van der Waals surface area contributed by atoms with Crippen molar-refractivity contribution in [3.05, 3.63) is 28.0 Å². The summed E-state index contributed by atoms with van der Waals surface area (Å²) < 4.78 is 0. The monoisotopic (exact) mass is 301 g/mol. The van der Waals surface area contributed by atoms with Gasteiger partial charge in [-0.2, -0.15) is 0 Å². The van der Waals surface area contributed by atoms with E-state index in [1.54, 1.807) is 12.1 Å². The number of hydrogen-bond acceptors (Lipinski definition) is 3. The lowest BCUT2D eigenvalue weighted by molar-refractivity contribution is 0.0557. The Morgan fingerprint density at radius 1 is 1.42 bits per heavy atom. The van der Waals surface area contributed by atoms with E-state index in [0.29, 0.717) is 12.1 Å². The lowest BCUT2D eigenvalue weighted by Gasteiger charge is -2.47. The minimum Gasteiger partial charge on any atom is -0.350 e. The van der Waals surface area contributed by atoms with Gasteiger partial charge in [0.05, 0.1) is 5.56 Å². The maximum atomic E-state index is 12.1. The molecule has 4 nitrogen and oxygen atoms in total. The van der Waals surface area contributed by atoms with Gasteiger partial charge in [0.1, 0.15) is 10.3 Å². The molecule has 104 valence electrons. The first-order chi connectivity index (χ1) is 8.94. The van der Waals surface area contributed by atoms with Gasteiger partial charge < -0.3 is 10.2 Å². The number of carbonyl (C=O) groups excluding carboxylic acids is 1. The fourth-order valence-corrected chi connectivity index (χ4v) is 2.72. The maximum absolute atomic E-state index is 12.1. The molecule has 0 bridgehead atoms. The molecule has 1 saturated carbocycles. The number of amides is 1. The van der Waals surface area contributed by atoms with Crippen molar-refractivity contribution in [3.63, 3.8) is 0 Å². The van der Waals surface area contributed by atoms with Crippen molar-refractivity contribution in [3.8, 4) is 0 Å². The zero-order valence-corrected chi connectivity index (χ0v) is 12.6. The second-order valence-corrected chi connectivity index (χ2v) is 5.87. The Balaban J connectivity index is 2.01. The normalized spacial score (nSPS) is 17.1. The third-order valence-electron chi connectivity index (χ3n) is 3.87. The van der Waals surface area contributed by atoms with Crippen molar-refractivity contribution < 1.29 is 4.79 Å². The van der Waals surface area contributed by atoms with Crippen LogP contribution in [0.1, 0.15) is 29.6 Å². The summed E-state index contributed by atoms with van der Waals surface area (Å²) in [7, 11) is 4.09. The number of pyridine rings is 1. The fraction of sp³-hybridized carbons (Fsp3) is 0.538. The number of halogens is 2. The molecular formula is C13H17Cl2N3O. The molecule has 1 N–H and O–H groups in total. The van der Waals surface area contributed by atoms with Crippen LogP contribution in [0.5, 0.6) is 0 Å². The van der Waals surface area contributed by atoms with E-state index in [1.807, 2.05) is 14.1 Å². The second kappa shape index (κ2) is 5.65. The third kappa shape index (κ3) is 3.02. The molecule has 0 unspecified atom stereocenters. The number of rotatable bonds is 4. The van der Waals surface area contributed by atoms with Crippen LogP contribution in [-0.2, 0) is 0 Å². The Morgan fingerprint density at radius 2 is 2.11 bits per heavy atom. The molecule has 0 aromatic carbocycles. The second-order valence-electron chi connectivity index (χ2n) is 5.13. The third-order valence-corrected chi connectivity index (χ3v) is 4.37. The number of likely N-dealkylation sites (N-methyl/N-ethyl adjacent to an activating group) is 1. The Bertz CT molecular complexity index is 487. The van der Waals surface area contributed by atoms with E-state index >= 15 is 0 Å². The minimum atomic E-state index is -0.206. The Morgan fingerprint density at radius 3 is 2.58 bits per heavy atom. The first-order valence-corrected chi connectivity index (χ1v) is 6.98. The molecule has 0 atom stereocenters. The van der Waals surface area contributed by atoms with Gasteiger partial charge in [-0.05, 0) is 45.5 Å². The molecule has 19 heavy (non-hydrogen) atoms. The predicted molar refractivity (Wildman–Crippen MR) is 76.9 cm³/mol. The average Bonchev–Trinajstić information content (AvgIpc) is 2.26.